The first-order valence-electron chi connectivity index (χ1n) is 8.10. The summed E-state index contributed by atoms with van der Waals surface area (Å²) in [7, 11) is 0. The number of hydrogen-bond acceptors (Lipinski definition) is 6. The fourth-order valence-electron chi connectivity index (χ4n) is 2.94. The van der Waals surface area contributed by atoms with Crippen molar-refractivity contribution in [3.8, 4) is 0 Å². The Balaban J connectivity index is 1.46. The standard InChI is InChI=1S/C17H19N7/c1-2-6-18-15(4-1)21-12-14-13-22-16-5-9-23(10-11-24(14)16)17-19-7-3-8-20-17/h1-4,6-8,13H,5,9-12H2,(H,18,21). The molecular weight excluding hydrogens is 302 g/mol. The smallest absolute Gasteiger partial charge is 0.225 e. The molecule has 3 aromatic rings. The van der Waals surface area contributed by atoms with Crippen LogP contribution in [-0.4, -0.2) is 37.6 Å². The maximum absolute atomic E-state index is 4.59. The Hall–Kier alpha value is -2.96. The molecule has 1 aliphatic rings. The summed E-state index contributed by atoms with van der Waals surface area (Å²) in [4.78, 5) is 19.8. The third kappa shape index (κ3) is 3.05. The van der Waals surface area contributed by atoms with Gasteiger partial charge >= 0.3 is 0 Å². The predicted molar refractivity (Wildman–Crippen MR) is 91.7 cm³/mol. The van der Waals surface area contributed by atoms with E-state index in [-0.39, 0.29) is 0 Å². The molecule has 3 aromatic heterocycles. The van der Waals surface area contributed by atoms with Crippen LogP contribution in [0.4, 0.5) is 11.8 Å². The molecule has 0 aliphatic carbocycles. The van der Waals surface area contributed by atoms with E-state index in [1.807, 2.05) is 30.5 Å². The number of imidazole rings is 1. The lowest BCUT2D eigenvalue weighted by atomic mass is 10.4. The van der Waals surface area contributed by atoms with Crippen molar-refractivity contribution < 1.29 is 0 Å². The first kappa shape index (κ1) is 14.6. The van der Waals surface area contributed by atoms with Gasteiger partial charge in [0.2, 0.25) is 5.95 Å². The van der Waals surface area contributed by atoms with E-state index in [1.54, 1.807) is 18.6 Å². The summed E-state index contributed by atoms with van der Waals surface area (Å²) < 4.78 is 2.29. The van der Waals surface area contributed by atoms with Gasteiger partial charge in [0.15, 0.2) is 0 Å². The normalized spacial score (nSPS) is 14.1. The molecule has 0 saturated heterocycles. The van der Waals surface area contributed by atoms with Gasteiger partial charge in [-0.1, -0.05) is 6.07 Å². The topological polar surface area (TPSA) is 71.8 Å². The van der Waals surface area contributed by atoms with Crippen molar-refractivity contribution in [3.63, 3.8) is 0 Å². The molecular formula is C17H19N7. The maximum Gasteiger partial charge on any atom is 0.225 e. The maximum atomic E-state index is 4.59. The zero-order valence-electron chi connectivity index (χ0n) is 13.3. The number of nitrogens with one attached hydrogen (secondary N) is 1. The van der Waals surface area contributed by atoms with Gasteiger partial charge in [-0.05, 0) is 18.2 Å². The van der Waals surface area contributed by atoms with E-state index in [4.69, 9.17) is 0 Å². The monoisotopic (exact) mass is 321 g/mol. The fraction of sp³-hybridized carbons (Fsp3) is 0.294. The Morgan fingerprint density at radius 1 is 0.917 bits per heavy atom. The van der Waals surface area contributed by atoms with Crippen LogP contribution < -0.4 is 10.2 Å². The summed E-state index contributed by atoms with van der Waals surface area (Å²) in [5.41, 5.74) is 1.17. The minimum atomic E-state index is 0.714. The Labute approximate surface area is 140 Å². The highest BCUT2D eigenvalue weighted by Gasteiger charge is 2.18. The van der Waals surface area contributed by atoms with Crippen LogP contribution >= 0.6 is 0 Å². The Bertz CT molecular complexity index is 785. The summed E-state index contributed by atoms with van der Waals surface area (Å²) in [6.45, 7) is 3.36. The molecule has 0 fully saturated rings. The molecule has 7 nitrogen and oxygen atoms in total. The van der Waals surface area contributed by atoms with Crippen LogP contribution in [0, 0.1) is 0 Å². The highest BCUT2D eigenvalue weighted by Crippen LogP contribution is 2.15. The first-order chi connectivity index (χ1) is 11.9. The molecule has 122 valence electrons. The van der Waals surface area contributed by atoms with Crippen LogP contribution in [-0.2, 0) is 19.5 Å². The number of nitrogens with zero attached hydrogens (tertiary/aromatic N) is 6. The minimum absolute atomic E-state index is 0.714. The fourth-order valence-corrected chi connectivity index (χ4v) is 2.94. The zero-order valence-corrected chi connectivity index (χ0v) is 13.3. The molecule has 0 unspecified atom stereocenters. The Morgan fingerprint density at radius 3 is 2.62 bits per heavy atom. The SMILES string of the molecule is c1ccc(NCc2cnc3n2CCN(c2ncccn2)CC3)nc1. The summed E-state index contributed by atoms with van der Waals surface area (Å²) >= 11 is 0. The van der Waals surface area contributed by atoms with Crippen LogP contribution in [0.1, 0.15) is 11.5 Å². The number of anilines is 2. The second-order valence-electron chi connectivity index (χ2n) is 5.67. The molecule has 7 heteroatoms. The van der Waals surface area contributed by atoms with Gasteiger partial charge < -0.3 is 14.8 Å². The highest BCUT2D eigenvalue weighted by molar-refractivity contribution is 5.34. The van der Waals surface area contributed by atoms with Crippen molar-refractivity contribution in [2.24, 2.45) is 0 Å². The molecule has 0 radical (unpaired) electrons. The molecule has 24 heavy (non-hydrogen) atoms. The van der Waals surface area contributed by atoms with E-state index in [0.29, 0.717) is 6.54 Å². The van der Waals surface area contributed by atoms with Crippen molar-refractivity contribution in [2.45, 2.75) is 19.5 Å². The number of hydrogen-bond donors (Lipinski definition) is 1. The van der Waals surface area contributed by atoms with Gasteiger partial charge in [-0.15, -0.1) is 0 Å². The highest BCUT2D eigenvalue weighted by atomic mass is 15.3. The summed E-state index contributed by atoms with van der Waals surface area (Å²) in [5.74, 6) is 2.78. The molecule has 4 heterocycles. The third-order valence-corrected chi connectivity index (χ3v) is 4.17. The van der Waals surface area contributed by atoms with E-state index in [1.165, 1.54) is 5.69 Å². The van der Waals surface area contributed by atoms with E-state index in [0.717, 1.165) is 43.6 Å². The van der Waals surface area contributed by atoms with E-state index >= 15 is 0 Å². The van der Waals surface area contributed by atoms with Crippen molar-refractivity contribution >= 4 is 11.8 Å². The molecule has 4 rings (SSSR count). The summed E-state index contributed by atoms with van der Waals surface area (Å²) in [6.07, 6.45) is 8.21. The molecule has 0 saturated carbocycles. The lowest BCUT2D eigenvalue weighted by Crippen LogP contribution is -2.28. The van der Waals surface area contributed by atoms with Crippen molar-refractivity contribution in [3.05, 3.63) is 60.6 Å². The second-order valence-corrected chi connectivity index (χ2v) is 5.67. The molecule has 1 N–H and O–H groups in total. The van der Waals surface area contributed by atoms with Gasteiger partial charge in [0.05, 0.1) is 18.4 Å². The molecule has 0 bridgehead atoms. The third-order valence-electron chi connectivity index (χ3n) is 4.17. The number of aromatic nitrogens is 5. The second kappa shape index (κ2) is 6.66. The predicted octanol–water partition coefficient (Wildman–Crippen LogP) is 1.74. The van der Waals surface area contributed by atoms with Gasteiger partial charge in [-0.3, -0.25) is 0 Å². The molecule has 0 atom stereocenters. The number of fused-ring (bicyclic) bond motifs is 1. The summed E-state index contributed by atoms with van der Waals surface area (Å²) in [6, 6.07) is 7.70. The van der Waals surface area contributed by atoms with Gasteiger partial charge in [0.1, 0.15) is 11.6 Å². The van der Waals surface area contributed by atoms with Crippen molar-refractivity contribution in [2.75, 3.05) is 23.3 Å². The molecule has 1 aliphatic heterocycles. The van der Waals surface area contributed by atoms with Gasteiger partial charge in [0.25, 0.3) is 0 Å². The van der Waals surface area contributed by atoms with Crippen LogP contribution in [0.25, 0.3) is 0 Å². The zero-order chi connectivity index (χ0) is 16.2. The van der Waals surface area contributed by atoms with Gasteiger partial charge in [-0.2, -0.15) is 0 Å². The van der Waals surface area contributed by atoms with Crippen molar-refractivity contribution in [1.82, 2.24) is 24.5 Å². The van der Waals surface area contributed by atoms with E-state index in [2.05, 4.69) is 34.7 Å². The largest absolute Gasteiger partial charge is 0.364 e. The van der Waals surface area contributed by atoms with Crippen molar-refractivity contribution in [1.29, 1.82) is 0 Å². The first-order valence-corrected chi connectivity index (χ1v) is 8.10. The van der Waals surface area contributed by atoms with Crippen LogP contribution in [0.2, 0.25) is 0 Å². The average molecular weight is 321 g/mol. The number of rotatable bonds is 4. The van der Waals surface area contributed by atoms with Crippen LogP contribution in [0.5, 0.6) is 0 Å². The number of pyridine rings is 1. The minimum Gasteiger partial charge on any atom is -0.364 e. The Morgan fingerprint density at radius 2 is 1.79 bits per heavy atom. The van der Waals surface area contributed by atoms with Gasteiger partial charge in [0, 0.05) is 44.6 Å². The average Bonchev–Trinajstić information content (AvgIpc) is 2.91. The molecule has 0 amide bonds. The molecule has 0 spiro atoms. The quantitative estimate of drug-likeness (QED) is 0.789. The van der Waals surface area contributed by atoms with E-state index in [9.17, 15) is 0 Å². The Kier molecular flexibility index (Phi) is 4.05. The van der Waals surface area contributed by atoms with Crippen LogP contribution in [0.3, 0.4) is 0 Å². The van der Waals surface area contributed by atoms with E-state index < -0.39 is 0 Å². The summed E-state index contributed by atoms with van der Waals surface area (Å²) in [5, 5.41) is 3.35. The van der Waals surface area contributed by atoms with Crippen LogP contribution in [0.15, 0.2) is 49.1 Å². The molecule has 0 aromatic carbocycles. The lowest BCUT2D eigenvalue weighted by molar-refractivity contribution is 0.655. The van der Waals surface area contributed by atoms with Gasteiger partial charge in [-0.25, -0.2) is 19.9 Å². The lowest BCUT2D eigenvalue weighted by Gasteiger charge is -2.19.